The molecule has 2 heterocycles. The van der Waals surface area contributed by atoms with Gasteiger partial charge in [0.1, 0.15) is 0 Å². The maximum atomic E-state index is 13.2. The largest absolute Gasteiger partial charge is 0.354 e. The molecule has 9 nitrogen and oxygen atoms in total. The maximum Gasteiger partial charge on any atom is 0.255 e. The fraction of sp³-hybridized carbons (Fsp3) is 0.296. The van der Waals surface area contributed by atoms with Crippen LogP contribution in [0.5, 0.6) is 0 Å². The monoisotopic (exact) mass is 521 g/mol. The number of carbonyl (C=O) groups excluding carboxylic acids is 2. The summed E-state index contributed by atoms with van der Waals surface area (Å²) < 4.78 is 22.6. The number of nitrogens with one attached hydrogen (secondary N) is 1. The molecule has 0 bridgehead atoms. The smallest absolute Gasteiger partial charge is 0.255 e. The zero-order valence-electron chi connectivity index (χ0n) is 20.4. The molecule has 1 aliphatic heterocycles. The summed E-state index contributed by atoms with van der Waals surface area (Å²) in [5.74, 6) is -0.940. The standard InChI is InChI=1S/C27H31N5O4S/c28-37(35,36)17-13-25(33)30-19-24-20-31(27(34)23-12-7-14-29-18-23)15-16-32(24)26(21-8-3-1-4-9-21)22-10-5-2-6-11-22/h1-12,14,18,24,26H,13,15-17,19-20H2,(H,30,33)(H2,28,35,36). The highest BCUT2D eigenvalue weighted by atomic mass is 32.2. The summed E-state index contributed by atoms with van der Waals surface area (Å²) in [5.41, 5.74) is 2.71. The first-order valence-electron chi connectivity index (χ1n) is 12.1. The molecule has 2 aromatic carbocycles. The van der Waals surface area contributed by atoms with Crippen molar-refractivity contribution in [3.63, 3.8) is 0 Å². The molecule has 1 aliphatic rings. The molecule has 1 unspecified atom stereocenters. The highest BCUT2D eigenvalue weighted by molar-refractivity contribution is 7.89. The van der Waals surface area contributed by atoms with Crippen molar-refractivity contribution in [1.29, 1.82) is 0 Å². The van der Waals surface area contributed by atoms with E-state index in [1.54, 1.807) is 29.4 Å². The Morgan fingerprint density at radius 1 is 0.973 bits per heavy atom. The Kier molecular flexibility index (Phi) is 8.65. The van der Waals surface area contributed by atoms with E-state index in [0.29, 0.717) is 25.2 Å². The lowest BCUT2D eigenvalue weighted by Crippen LogP contribution is -2.59. The predicted molar refractivity (Wildman–Crippen MR) is 141 cm³/mol. The van der Waals surface area contributed by atoms with E-state index in [0.717, 1.165) is 11.1 Å². The van der Waals surface area contributed by atoms with E-state index in [9.17, 15) is 18.0 Å². The quantitative estimate of drug-likeness (QED) is 0.442. The van der Waals surface area contributed by atoms with Crippen molar-refractivity contribution in [3.8, 4) is 0 Å². The summed E-state index contributed by atoms with van der Waals surface area (Å²) in [5, 5.41) is 7.92. The Labute approximate surface area is 217 Å². The van der Waals surface area contributed by atoms with E-state index < -0.39 is 21.7 Å². The molecule has 1 aromatic heterocycles. The minimum Gasteiger partial charge on any atom is -0.354 e. The molecular formula is C27H31N5O4S. The number of sulfonamides is 1. The molecule has 2 amide bonds. The van der Waals surface area contributed by atoms with Crippen molar-refractivity contribution in [3.05, 3.63) is 102 Å². The van der Waals surface area contributed by atoms with Crippen molar-refractivity contribution in [2.24, 2.45) is 5.14 Å². The first kappa shape index (κ1) is 26.5. The molecule has 1 atom stereocenters. The molecule has 3 N–H and O–H groups in total. The van der Waals surface area contributed by atoms with Crippen LogP contribution in [0.2, 0.25) is 0 Å². The van der Waals surface area contributed by atoms with E-state index in [1.165, 1.54) is 0 Å². The zero-order valence-corrected chi connectivity index (χ0v) is 21.3. The number of amides is 2. The summed E-state index contributed by atoms with van der Waals surface area (Å²) in [7, 11) is -3.74. The van der Waals surface area contributed by atoms with Crippen LogP contribution in [0.3, 0.4) is 0 Å². The Morgan fingerprint density at radius 2 is 1.62 bits per heavy atom. The van der Waals surface area contributed by atoms with Gasteiger partial charge in [0, 0.05) is 51.0 Å². The van der Waals surface area contributed by atoms with Gasteiger partial charge >= 0.3 is 0 Å². The summed E-state index contributed by atoms with van der Waals surface area (Å²) in [6.07, 6.45) is 2.96. The van der Waals surface area contributed by atoms with Gasteiger partial charge in [-0.2, -0.15) is 0 Å². The Bertz CT molecular complexity index is 1250. The van der Waals surface area contributed by atoms with Crippen molar-refractivity contribution in [1.82, 2.24) is 20.1 Å². The molecule has 1 fully saturated rings. The van der Waals surface area contributed by atoms with Gasteiger partial charge in [-0.05, 0) is 23.3 Å². The second-order valence-corrected chi connectivity index (χ2v) is 10.8. The summed E-state index contributed by atoms with van der Waals surface area (Å²) in [6, 6.07) is 23.4. The van der Waals surface area contributed by atoms with Crippen LogP contribution < -0.4 is 10.5 Å². The molecule has 194 valence electrons. The Hall–Kier alpha value is -3.60. The number of nitrogens with two attached hydrogens (primary N) is 1. The third-order valence-electron chi connectivity index (χ3n) is 6.43. The fourth-order valence-corrected chi connectivity index (χ4v) is 5.12. The third-order valence-corrected chi connectivity index (χ3v) is 7.21. The molecule has 10 heteroatoms. The summed E-state index contributed by atoms with van der Waals surface area (Å²) >= 11 is 0. The van der Waals surface area contributed by atoms with Crippen molar-refractivity contribution >= 4 is 21.8 Å². The van der Waals surface area contributed by atoms with Crippen LogP contribution in [0.15, 0.2) is 85.2 Å². The first-order chi connectivity index (χ1) is 17.8. The van der Waals surface area contributed by atoms with Crippen LogP contribution >= 0.6 is 0 Å². The van der Waals surface area contributed by atoms with Crippen LogP contribution in [0.25, 0.3) is 0 Å². The van der Waals surface area contributed by atoms with Crippen LogP contribution in [0.4, 0.5) is 0 Å². The normalized spacial score (nSPS) is 16.5. The number of benzene rings is 2. The number of hydrogen-bond acceptors (Lipinski definition) is 6. The number of hydrogen-bond donors (Lipinski definition) is 2. The summed E-state index contributed by atoms with van der Waals surface area (Å²) in [6.45, 7) is 1.73. The van der Waals surface area contributed by atoms with E-state index >= 15 is 0 Å². The van der Waals surface area contributed by atoms with Gasteiger partial charge in [-0.25, -0.2) is 13.6 Å². The van der Waals surface area contributed by atoms with Gasteiger partial charge in [0.25, 0.3) is 5.91 Å². The van der Waals surface area contributed by atoms with E-state index in [1.807, 2.05) is 36.4 Å². The molecule has 0 saturated carbocycles. The van der Waals surface area contributed by atoms with Gasteiger partial charge < -0.3 is 10.2 Å². The topological polar surface area (TPSA) is 126 Å². The summed E-state index contributed by atoms with van der Waals surface area (Å²) in [4.78, 5) is 33.8. The molecule has 0 spiro atoms. The molecule has 37 heavy (non-hydrogen) atoms. The lowest BCUT2D eigenvalue weighted by molar-refractivity contribution is -0.121. The van der Waals surface area contributed by atoms with Gasteiger partial charge in [-0.15, -0.1) is 0 Å². The van der Waals surface area contributed by atoms with E-state index in [-0.39, 0.29) is 31.0 Å². The SMILES string of the molecule is NS(=O)(=O)CCC(=O)NCC1CN(C(=O)c2cccnc2)CCN1C(c1ccccc1)c1ccccc1. The van der Waals surface area contributed by atoms with Gasteiger partial charge in [-0.3, -0.25) is 19.5 Å². The highest BCUT2D eigenvalue weighted by Gasteiger charge is 2.35. The molecule has 0 aliphatic carbocycles. The lowest BCUT2D eigenvalue weighted by Gasteiger charge is -2.45. The minimum absolute atomic E-state index is 0.0932. The number of aromatic nitrogens is 1. The van der Waals surface area contributed by atoms with Gasteiger partial charge in [0.2, 0.25) is 15.9 Å². The van der Waals surface area contributed by atoms with Crippen molar-refractivity contribution in [2.75, 3.05) is 31.9 Å². The molecule has 0 radical (unpaired) electrons. The van der Waals surface area contributed by atoms with E-state index in [4.69, 9.17) is 5.14 Å². The van der Waals surface area contributed by atoms with Gasteiger partial charge in [-0.1, -0.05) is 60.7 Å². The first-order valence-corrected chi connectivity index (χ1v) is 13.9. The number of primary sulfonamides is 1. The number of rotatable bonds is 9. The van der Waals surface area contributed by atoms with Crippen LogP contribution in [0.1, 0.15) is 33.9 Å². The fourth-order valence-electron chi connectivity index (χ4n) is 4.65. The van der Waals surface area contributed by atoms with Gasteiger partial charge in [0.15, 0.2) is 0 Å². The van der Waals surface area contributed by atoms with Crippen molar-refractivity contribution < 1.29 is 18.0 Å². The zero-order chi connectivity index (χ0) is 26.3. The molecule has 4 rings (SSSR count). The number of carbonyl (C=O) groups is 2. The van der Waals surface area contributed by atoms with Crippen molar-refractivity contribution in [2.45, 2.75) is 18.5 Å². The molecular weight excluding hydrogens is 490 g/mol. The third kappa shape index (κ3) is 7.22. The number of piperazine rings is 1. The second kappa shape index (κ2) is 12.1. The average molecular weight is 522 g/mol. The second-order valence-electron chi connectivity index (χ2n) is 9.03. The molecule has 3 aromatic rings. The lowest BCUT2D eigenvalue weighted by atomic mass is 9.94. The number of nitrogens with zero attached hydrogens (tertiary/aromatic N) is 3. The van der Waals surface area contributed by atoms with Crippen LogP contribution in [0, 0.1) is 0 Å². The Balaban J connectivity index is 1.60. The predicted octanol–water partition coefficient (Wildman–Crippen LogP) is 1.79. The highest BCUT2D eigenvalue weighted by Crippen LogP contribution is 2.32. The number of pyridine rings is 1. The van der Waals surface area contributed by atoms with Crippen LogP contribution in [-0.2, 0) is 14.8 Å². The molecule has 1 saturated heterocycles. The minimum atomic E-state index is -3.74. The maximum absolute atomic E-state index is 13.2. The van der Waals surface area contributed by atoms with Crippen LogP contribution in [-0.4, -0.2) is 73.0 Å². The average Bonchev–Trinajstić information content (AvgIpc) is 2.92. The Morgan fingerprint density at radius 3 is 2.19 bits per heavy atom. The van der Waals surface area contributed by atoms with E-state index in [2.05, 4.69) is 39.5 Å². The van der Waals surface area contributed by atoms with Gasteiger partial charge in [0.05, 0.1) is 17.4 Å².